The fourth-order valence-corrected chi connectivity index (χ4v) is 5.29. The van der Waals surface area contributed by atoms with Crippen LogP contribution in [0.1, 0.15) is 48.5 Å². The molecule has 1 aliphatic carbocycles. The summed E-state index contributed by atoms with van der Waals surface area (Å²) in [5.41, 5.74) is 1.30. The lowest BCUT2D eigenvalue weighted by Crippen LogP contribution is -2.39. The maximum Gasteiger partial charge on any atom is 0.262 e. The number of anilines is 1. The average Bonchev–Trinajstić information content (AvgIpc) is 2.73. The standard InChI is InChI=1S/C23H30N2O4S/c1-16-9-13-19(14-10-16)25(3)23(26)18-12-11-17(2)22(15-18)30(27,28)24-20-7-5-6-8-21(20)29-4/h5-8,11-12,15-16,19,24H,9-10,13-14H2,1-4H3. The molecule has 30 heavy (non-hydrogen) atoms. The van der Waals surface area contributed by atoms with Gasteiger partial charge in [0.05, 0.1) is 17.7 Å². The maximum atomic E-state index is 13.1. The van der Waals surface area contributed by atoms with Crippen LogP contribution in [0.5, 0.6) is 5.75 Å². The van der Waals surface area contributed by atoms with E-state index in [9.17, 15) is 13.2 Å². The van der Waals surface area contributed by atoms with Gasteiger partial charge < -0.3 is 9.64 Å². The Bertz CT molecular complexity index is 1010. The monoisotopic (exact) mass is 430 g/mol. The number of carbonyl (C=O) groups excluding carboxylic acids is 1. The third kappa shape index (κ3) is 4.78. The van der Waals surface area contributed by atoms with Gasteiger partial charge in [-0.25, -0.2) is 8.42 Å². The number of para-hydroxylation sites is 2. The molecule has 0 unspecified atom stereocenters. The van der Waals surface area contributed by atoms with Crippen molar-refractivity contribution in [1.82, 2.24) is 4.90 Å². The lowest BCUT2D eigenvalue weighted by atomic mass is 9.86. The summed E-state index contributed by atoms with van der Waals surface area (Å²) in [6.45, 7) is 3.96. The number of carbonyl (C=O) groups is 1. The molecule has 0 atom stereocenters. The lowest BCUT2D eigenvalue weighted by Gasteiger charge is -2.33. The molecule has 0 spiro atoms. The first-order valence-corrected chi connectivity index (χ1v) is 11.7. The zero-order valence-corrected chi connectivity index (χ0v) is 18.8. The Kier molecular flexibility index (Phi) is 6.71. The van der Waals surface area contributed by atoms with Gasteiger partial charge >= 0.3 is 0 Å². The topological polar surface area (TPSA) is 75.7 Å². The number of hydrogen-bond donors (Lipinski definition) is 1. The van der Waals surface area contributed by atoms with Gasteiger partial charge in [0.15, 0.2) is 0 Å². The molecule has 0 bridgehead atoms. The normalized spacial score (nSPS) is 19.2. The van der Waals surface area contributed by atoms with Crippen LogP contribution in [-0.2, 0) is 10.0 Å². The number of nitrogens with zero attached hydrogens (tertiary/aromatic N) is 1. The maximum absolute atomic E-state index is 13.1. The van der Waals surface area contributed by atoms with Crippen LogP contribution in [0.15, 0.2) is 47.4 Å². The first kappa shape index (κ1) is 22.2. The molecule has 2 aromatic rings. The quantitative estimate of drug-likeness (QED) is 0.734. The molecule has 6 nitrogen and oxygen atoms in total. The van der Waals surface area contributed by atoms with E-state index < -0.39 is 10.0 Å². The van der Waals surface area contributed by atoms with Gasteiger partial charge in [-0.05, 0) is 68.4 Å². The summed E-state index contributed by atoms with van der Waals surface area (Å²) in [5, 5.41) is 0. The zero-order chi connectivity index (χ0) is 21.9. The second-order valence-corrected chi connectivity index (χ2v) is 9.77. The zero-order valence-electron chi connectivity index (χ0n) is 18.0. The van der Waals surface area contributed by atoms with Crippen molar-refractivity contribution < 1.29 is 17.9 Å². The van der Waals surface area contributed by atoms with Crippen molar-refractivity contribution >= 4 is 21.6 Å². The van der Waals surface area contributed by atoms with Crippen molar-refractivity contribution in [2.75, 3.05) is 18.9 Å². The molecular weight excluding hydrogens is 400 g/mol. The highest BCUT2D eigenvalue weighted by Crippen LogP contribution is 2.29. The smallest absolute Gasteiger partial charge is 0.262 e. The van der Waals surface area contributed by atoms with Gasteiger partial charge in [0.25, 0.3) is 15.9 Å². The van der Waals surface area contributed by atoms with Crippen LogP contribution in [0.25, 0.3) is 0 Å². The minimum absolute atomic E-state index is 0.0879. The molecule has 7 heteroatoms. The molecule has 3 rings (SSSR count). The van der Waals surface area contributed by atoms with E-state index in [1.54, 1.807) is 48.2 Å². The number of ether oxygens (including phenoxy) is 1. The van der Waals surface area contributed by atoms with Gasteiger partial charge in [-0.15, -0.1) is 0 Å². The van der Waals surface area contributed by atoms with Gasteiger partial charge in [-0.3, -0.25) is 9.52 Å². The Morgan fingerprint density at radius 3 is 2.43 bits per heavy atom. The molecule has 0 aliphatic heterocycles. The van der Waals surface area contributed by atoms with Crippen molar-refractivity contribution in [1.29, 1.82) is 0 Å². The number of nitrogens with one attached hydrogen (secondary N) is 1. The third-order valence-electron chi connectivity index (χ3n) is 5.93. The van der Waals surface area contributed by atoms with Gasteiger partial charge in [-0.2, -0.15) is 0 Å². The minimum Gasteiger partial charge on any atom is -0.495 e. The van der Waals surface area contributed by atoms with Crippen LogP contribution in [0.4, 0.5) is 5.69 Å². The van der Waals surface area contributed by atoms with Crippen LogP contribution >= 0.6 is 0 Å². The van der Waals surface area contributed by atoms with E-state index in [1.807, 2.05) is 7.05 Å². The average molecular weight is 431 g/mol. The lowest BCUT2D eigenvalue weighted by molar-refractivity contribution is 0.0679. The van der Waals surface area contributed by atoms with Crippen molar-refractivity contribution in [2.24, 2.45) is 5.92 Å². The van der Waals surface area contributed by atoms with Crippen molar-refractivity contribution in [3.8, 4) is 5.75 Å². The van der Waals surface area contributed by atoms with E-state index in [4.69, 9.17) is 4.74 Å². The van der Waals surface area contributed by atoms with E-state index in [2.05, 4.69) is 11.6 Å². The molecule has 1 aliphatic rings. The summed E-state index contributed by atoms with van der Waals surface area (Å²) in [7, 11) is -0.596. The van der Waals surface area contributed by atoms with Gasteiger partial charge in [0.2, 0.25) is 0 Å². The SMILES string of the molecule is COc1ccccc1NS(=O)(=O)c1cc(C(=O)N(C)C2CCC(C)CC2)ccc1C. The van der Waals surface area contributed by atoms with Crippen LogP contribution in [-0.4, -0.2) is 39.4 Å². The number of sulfonamides is 1. The molecule has 0 aromatic heterocycles. The molecule has 1 N–H and O–H groups in total. The van der Waals surface area contributed by atoms with Crippen LogP contribution in [0.3, 0.4) is 0 Å². The molecule has 162 valence electrons. The Morgan fingerprint density at radius 1 is 1.10 bits per heavy atom. The van der Waals surface area contributed by atoms with Gasteiger partial charge in [0, 0.05) is 18.7 Å². The summed E-state index contributed by atoms with van der Waals surface area (Å²) >= 11 is 0. The minimum atomic E-state index is -3.89. The number of methoxy groups -OCH3 is 1. The van der Waals surface area contributed by atoms with Crippen LogP contribution in [0, 0.1) is 12.8 Å². The predicted octanol–water partition coefficient (Wildman–Crippen LogP) is 4.46. The van der Waals surface area contributed by atoms with E-state index in [0.29, 0.717) is 28.5 Å². The van der Waals surface area contributed by atoms with Crippen molar-refractivity contribution in [2.45, 2.75) is 50.5 Å². The highest BCUT2D eigenvalue weighted by Gasteiger charge is 2.27. The Balaban J connectivity index is 1.86. The fraction of sp³-hybridized carbons (Fsp3) is 0.435. The largest absolute Gasteiger partial charge is 0.495 e. The van der Waals surface area contributed by atoms with Crippen LogP contribution in [0.2, 0.25) is 0 Å². The van der Waals surface area contributed by atoms with Crippen molar-refractivity contribution in [3.05, 3.63) is 53.6 Å². The molecular formula is C23H30N2O4S. The third-order valence-corrected chi connectivity index (χ3v) is 7.44. The molecule has 2 aromatic carbocycles. The Morgan fingerprint density at radius 2 is 1.77 bits per heavy atom. The molecule has 1 fully saturated rings. The summed E-state index contributed by atoms with van der Waals surface area (Å²) in [6.07, 6.45) is 4.18. The first-order valence-electron chi connectivity index (χ1n) is 10.3. The summed E-state index contributed by atoms with van der Waals surface area (Å²) < 4.78 is 34.0. The summed E-state index contributed by atoms with van der Waals surface area (Å²) in [6, 6.07) is 11.9. The van der Waals surface area contributed by atoms with E-state index in [0.717, 1.165) is 25.7 Å². The molecule has 1 amide bonds. The second kappa shape index (κ2) is 9.08. The number of rotatable bonds is 6. The molecule has 1 saturated carbocycles. The van der Waals surface area contributed by atoms with E-state index >= 15 is 0 Å². The van der Waals surface area contributed by atoms with Gasteiger partial charge in [-0.1, -0.05) is 25.1 Å². The predicted molar refractivity (Wildman–Crippen MR) is 118 cm³/mol. The van der Waals surface area contributed by atoms with Crippen molar-refractivity contribution in [3.63, 3.8) is 0 Å². The summed E-state index contributed by atoms with van der Waals surface area (Å²) in [4.78, 5) is 14.9. The fourth-order valence-electron chi connectivity index (χ4n) is 3.95. The highest BCUT2D eigenvalue weighted by molar-refractivity contribution is 7.92. The Labute approximate surface area is 179 Å². The number of hydrogen-bond acceptors (Lipinski definition) is 4. The molecule has 0 heterocycles. The van der Waals surface area contributed by atoms with Crippen LogP contribution < -0.4 is 9.46 Å². The highest BCUT2D eigenvalue weighted by atomic mass is 32.2. The first-order chi connectivity index (χ1) is 14.2. The Hall–Kier alpha value is -2.54. The number of benzene rings is 2. The van der Waals surface area contributed by atoms with Gasteiger partial charge in [0.1, 0.15) is 5.75 Å². The number of amides is 1. The molecule has 0 radical (unpaired) electrons. The summed E-state index contributed by atoms with van der Waals surface area (Å²) in [5.74, 6) is 0.974. The van der Waals surface area contributed by atoms with E-state index in [-0.39, 0.29) is 16.8 Å². The second-order valence-electron chi connectivity index (χ2n) is 8.12. The number of aryl methyl sites for hydroxylation is 1. The molecule has 0 saturated heterocycles. The van der Waals surface area contributed by atoms with E-state index in [1.165, 1.54) is 13.2 Å².